The molecule has 0 spiro atoms. The second-order valence-corrected chi connectivity index (χ2v) is 18.0. The van der Waals surface area contributed by atoms with Gasteiger partial charge in [0, 0.05) is 33.5 Å². The van der Waals surface area contributed by atoms with Crippen molar-refractivity contribution in [2.45, 2.75) is 0 Å². The first-order valence-corrected chi connectivity index (χ1v) is 24.4. The molecule has 0 bridgehead atoms. The Morgan fingerprint density at radius 3 is 1.19 bits per heavy atom. The molecule has 14 nitrogen and oxygen atoms in total. The Morgan fingerprint density at radius 1 is 0.321 bits per heavy atom. The molecule has 78 heavy (non-hydrogen) atoms. The van der Waals surface area contributed by atoms with Crippen molar-refractivity contribution in [2.75, 3.05) is 31.7 Å². The maximum atomic E-state index is 13.1. The first-order valence-electron chi connectivity index (χ1n) is 24.4. The molecule has 3 N–H and O–H groups in total. The number of nitrogens with one attached hydrogen (secondary N) is 1. The van der Waals surface area contributed by atoms with Crippen LogP contribution in [0.3, 0.4) is 0 Å². The Labute approximate surface area is 445 Å². The molecule has 0 saturated heterocycles. The number of aromatic hydroxyl groups is 2. The molecular formula is C64H45NO13. The van der Waals surface area contributed by atoms with Gasteiger partial charge in [-0.2, -0.15) is 0 Å². The SMILES string of the molecule is O=C(COc1ccc(OCC(=O)c2cccc(C(=O)COc3ccc(NC(=O)c4ccc5cc(O)ccc5c4)cc3)c2)cc1)c1ccc(OCC(=O)c2ccc3cc(OC(=O)c4ccc5cc(O)ccc5c4)ccc3c2)cc1. The summed E-state index contributed by atoms with van der Waals surface area (Å²) in [5.41, 5.74) is 2.71. The number of amides is 1. The van der Waals surface area contributed by atoms with Crippen LogP contribution in [0.2, 0.25) is 0 Å². The van der Waals surface area contributed by atoms with Crippen molar-refractivity contribution in [1.29, 1.82) is 0 Å². The third-order valence-electron chi connectivity index (χ3n) is 12.6. The molecule has 0 aromatic heterocycles. The van der Waals surface area contributed by atoms with Crippen molar-refractivity contribution < 1.29 is 62.7 Å². The topological polar surface area (TPSA) is 201 Å². The van der Waals surface area contributed by atoms with Gasteiger partial charge in [-0.15, -0.1) is 0 Å². The van der Waals surface area contributed by atoms with Crippen LogP contribution in [0.1, 0.15) is 62.1 Å². The number of carbonyl (C=O) groups is 6. The monoisotopic (exact) mass is 1040 g/mol. The summed E-state index contributed by atoms with van der Waals surface area (Å²) in [5.74, 6) is 0.123. The maximum absolute atomic E-state index is 13.1. The van der Waals surface area contributed by atoms with Crippen molar-refractivity contribution in [3.63, 3.8) is 0 Å². The highest BCUT2D eigenvalue weighted by Crippen LogP contribution is 2.27. The van der Waals surface area contributed by atoms with Gasteiger partial charge in [0.05, 0.1) is 5.56 Å². The molecule has 10 aromatic carbocycles. The van der Waals surface area contributed by atoms with E-state index >= 15 is 0 Å². The number of hydrogen-bond donors (Lipinski definition) is 3. The molecule has 384 valence electrons. The van der Waals surface area contributed by atoms with Gasteiger partial charge in [-0.05, 0) is 178 Å². The smallest absolute Gasteiger partial charge is 0.343 e. The Hall–Kier alpha value is -10.6. The highest BCUT2D eigenvalue weighted by Gasteiger charge is 2.16. The second kappa shape index (κ2) is 22.9. The van der Waals surface area contributed by atoms with E-state index in [9.17, 15) is 39.0 Å². The van der Waals surface area contributed by atoms with E-state index in [0.717, 1.165) is 32.3 Å². The summed E-state index contributed by atoms with van der Waals surface area (Å²) in [7, 11) is 0. The highest BCUT2D eigenvalue weighted by atomic mass is 16.5. The van der Waals surface area contributed by atoms with Crippen LogP contribution in [-0.2, 0) is 0 Å². The predicted octanol–water partition coefficient (Wildman–Crippen LogP) is 12.1. The number of ketones is 4. The van der Waals surface area contributed by atoms with E-state index in [-0.39, 0.29) is 78.1 Å². The minimum atomic E-state index is -0.528. The Bertz CT molecular complexity index is 3950. The van der Waals surface area contributed by atoms with Gasteiger partial charge in [0.25, 0.3) is 5.91 Å². The zero-order valence-corrected chi connectivity index (χ0v) is 41.3. The fourth-order valence-electron chi connectivity index (χ4n) is 8.36. The van der Waals surface area contributed by atoms with Crippen LogP contribution in [0, 0.1) is 0 Å². The van der Waals surface area contributed by atoms with Crippen LogP contribution in [-0.4, -0.2) is 71.7 Å². The number of phenols is 2. The number of carbonyl (C=O) groups excluding carboxylic acids is 6. The lowest BCUT2D eigenvalue weighted by Crippen LogP contribution is -2.15. The number of benzene rings is 10. The number of phenolic OH excluding ortho intramolecular Hbond substituents is 2. The third kappa shape index (κ3) is 12.5. The summed E-state index contributed by atoms with van der Waals surface area (Å²) in [6.07, 6.45) is 0. The van der Waals surface area contributed by atoms with E-state index in [4.69, 9.17) is 23.7 Å². The Morgan fingerprint density at radius 2 is 0.667 bits per heavy atom. The molecule has 10 aromatic rings. The van der Waals surface area contributed by atoms with Gasteiger partial charge < -0.3 is 39.2 Å². The van der Waals surface area contributed by atoms with Crippen LogP contribution >= 0.6 is 0 Å². The molecule has 0 aliphatic carbocycles. The summed E-state index contributed by atoms with van der Waals surface area (Å²) < 4.78 is 28.5. The minimum Gasteiger partial charge on any atom is -0.508 e. The lowest BCUT2D eigenvalue weighted by molar-refractivity contribution is 0.0733. The number of hydrogen-bond acceptors (Lipinski definition) is 13. The highest BCUT2D eigenvalue weighted by molar-refractivity contribution is 6.07. The van der Waals surface area contributed by atoms with Crippen molar-refractivity contribution in [3.8, 4) is 40.2 Å². The molecule has 0 fully saturated rings. The number of rotatable bonds is 20. The maximum Gasteiger partial charge on any atom is 0.343 e. The molecule has 1 amide bonds. The summed E-state index contributed by atoms with van der Waals surface area (Å²) >= 11 is 0. The molecule has 0 atom stereocenters. The fourth-order valence-corrected chi connectivity index (χ4v) is 8.36. The van der Waals surface area contributed by atoms with Gasteiger partial charge in [0.1, 0.15) is 40.2 Å². The van der Waals surface area contributed by atoms with Crippen LogP contribution in [0.25, 0.3) is 32.3 Å². The van der Waals surface area contributed by atoms with Crippen LogP contribution in [0.15, 0.2) is 206 Å². The summed E-state index contributed by atoms with van der Waals surface area (Å²) in [6, 6.07) is 56.0. The van der Waals surface area contributed by atoms with Gasteiger partial charge in [0.2, 0.25) is 0 Å². The first kappa shape index (κ1) is 50.9. The zero-order valence-electron chi connectivity index (χ0n) is 41.3. The number of ether oxygens (including phenoxy) is 5. The van der Waals surface area contributed by atoms with Crippen LogP contribution in [0.5, 0.6) is 40.2 Å². The quantitative estimate of drug-likeness (QED) is 0.0370. The average molecular weight is 1040 g/mol. The van der Waals surface area contributed by atoms with E-state index in [1.807, 2.05) is 0 Å². The number of fused-ring (bicyclic) bond motifs is 3. The van der Waals surface area contributed by atoms with E-state index in [1.165, 1.54) is 6.07 Å². The Balaban J connectivity index is 0.632. The van der Waals surface area contributed by atoms with Gasteiger partial charge in [-0.3, -0.25) is 24.0 Å². The summed E-state index contributed by atoms with van der Waals surface area (Å²) in [6.45, 7) is -1.08. The largest absolute Gasteiger partial charge is 0.508 e. The van der Waals surface area contributed by atoms with Crippen molar-refractivity contribution in [3.05, 3.63) is 240 Å². The van der Waals surface area contributed by atoms with Crippen LogP contribution in [0.4, 0.5) is 5.69 Å². The van der Waals surface area contributed by atoms with Crippen molar-refractivity contribution in [2.24, 2.45) is 0 Å². The zero-order chi connectivity index (χ0) is 54.1. The fraction of sp³-hybridized carbons (Fsp3) is 0.0625. The minimum absolute atomic E-state index is 0.139. The molecule has 0 saturated carbocycles. The molecule has 0 unspecified atom stereocenters. The number of anilines is 1. The molecule has 0 aliphatic rings. The average Bonchev–Trinajstić information content (AvgIpc) is 3.47. The van der Waals surface area contributed by atoms with E-state index < -0.39 is 5.97 Å². The van der Waals surface area contributed by atoms with E-state index in [1.54, 1.807) is 200 Å². The van der Waals surface area contributed by atoms with Gasteiger partial charge in [-0.1, -0.05) is 60.7 Å². The van der Waals surface area contributed by atoms with Crippen molar-refractivity contribution >= 4 is 73.0 Å². The van der Waals surface area contributed by atoms with E-state index in [0.29, 0.717) is 56.7 Å². The standard InChI is InChI=1S/C64H45NO13/c66-52-17-10-40-29-49(8-5-43(40)32-52)63(72)65-51-15-22-55(23-16-51)76-36-60(69)46-2-1-3-47(31-46)61(70)37-77-57-26-24-56(25-27-57)74-35-59(68)39-12-19-54(20-13-39)75-38-62(71)48-7-4-45-34-58(21-14-42(45)28-48)78-64(73)50-9-6-44-33-53(67)18-11-41(44)30-50/h1-34,66-67H,35-38H2,(H,65,72). The summed E-state index contributed by atoms with van der Waals surface area (Å²) in [5, 5.41) is 27.0. The van der Waals surface area contributed by atoms with Gasteiger partial charge in [0.15, 0.2) is 49.6 Å². The normalized spacial score (nSPS) is 10.9. The summed E-state index contributed by atoms with van der Waals surface area (Å²) in [4.78, 5) is 78.0. The molecule has 14 heteroatoms. The molecule has 0 aliphatic heterocycles. The third-order valence-corrected chi connectivity index (χ3v) is 12.6. The van der Waals surface area contributed by atoms with E-state index in [2.05, 4.69) is 5.32 Å². The van der Waals surface area contributed by atoms with Gasteiger partial charge >= 0.3 is 5.97 Å². The lowest BCUT2D eigenvalue weighted by Gasteiger charge is -2.10. The lowest BCUT2D eigenvalue weighted by atomic mass is 10.0. The van der Waals surface area contributed by atoms with Crippen LogP contribution < -0.4 is 29.0 Å². The van der Waals surface area contributed by atoms with Crippen molar-refractivity contribution in [1.82, 2.24) is 0 Å². The van der Waals surface area contributed by atoms with Gasteiger partial charge in [-0.25, -0.2) is 4.79 Å². The Kier molecular flexibility index (Phi) is 14.9. The molecule has 0 heterocycles. The molecule has 0 radical (unpaired) electrons. The molecular weight excluding hydrogens is 991 g/mol. The number of Topliss-reactive ketones (excluding diaryl/α,β-unsaturated/α-hetero) is 4. The number of esters is 1. The first-order chi connectivity index (χ1) is 37.8. The second-order valence-electron chi connectivity index (χ2n) is 18.0. The predicted molar refractivity (Wildman–Crippen MR) is 293 cm³/mol. The molecule has 10 rings (SSSR count).